The first-order chi connectivity index (χ1) is 14.5. The van der Waals surface area contributed by atoms with Gasteiger partial charge in [-0.05, 0) is 65.5 Å². The Labute approximate surface area is 190 Å². The fourth-order valence-electron chi connectivity index (χ4n) is 3.08. The number of alkyl carbamates (subject to hydrolysis) is 1. The van der Waals surface area contributed by atoms with Gasteiger partial charge in [0.15, 0.2) is 0 Å². The molecule has 0 aromatic heterocycles. The van der Waals surface area contributed by atoms with Crippen LogP contribution in [0.25, 0.3) is 0 Å². The Morgan fingerprint density at radius 3 is 2.19 bits per heavy atom. The Morgan fingerprint density at radius 1 is 1.10 bits per heavy atom. The van der Waals surface area contributed by atoms with Gasteiger partial charge in [-0.2, -0.15) is 11.8 Å². The third-order valence-corrected chi connectivity index (χ3v) is 4.97. The number of amides is 3. The number of carbonyl (C=O) groups excluding carboxylic acids is 3. The average Bonchev–Trinajstić information content (AvgIpc) is 2.67. The van der Waals surface area contributed by atoms with Crippen molar-refractivity contribution < 1.29 is 19.1 Å². The Morgan fingerprint density at radius 2 is 1.71 bits per heavy atom. The first kappa shape index (κ1) is 26.8. The van der Waals surface area contributed by atoms with E-state index in [9.17, 15) is 14.4 Å². The van der Waals surface area contributed by atoms with Crippen molar-refractivity contribution in [3.63, 3.8) is 0 Å². The van der Waals surface area contributed by atoms with Crippen molar-refractivity contribution in [3.8, 4) is 0 Å². The molecule has 0 bridgehead atoms. The van der Waals surface area contributed by atoms with Gasteiger partial charge in [-0.15, -0.1) is 0 Å². The molecule has 1 aromatic rings. The molecule has 7 nitrogen and oxygen atoms in total. The van der Waals surface area contributed by atoms with E-state index >= 15 is 0 Å². The molecule has 0 aliphatic rings. The van der Waals surface area contributed by atoms with Gasteiger partial charge in [0.05, 0.1) is 0 Å². The minimum Gasteiger partial charge on any atom is -0.444 e. The molecule has 0 fully saturated rings. The lowest BCUT2D eigenvalue weighted by atomic mass is 10.0. The molecule has 31 heavy (non-hydrogen) atoms. The molecule has 2 unspecified atom stereocenters. The minimum atomic E-state index is -0.793. The Hall–Kier alpha value is -2.22. The highest BCUT2D eigenvalue weighted by Crippen LogP contribution is 2.23. The van der Waals surface area contributed by atoms with Gasteiger partial charge >= 0.3 is 6.09 Å². The summed E-state index contributed by atoms with van der Waals surface area (Å²) in [4.78, 5) is 40.5. The van der Waals surface area contributed by atoms with Crippen LogP contribution >= 0.6 is 11.8 Å². The summed E-state index contributed by atoms with van der Waals surface area (Å²) in [6, 6.07) is 7.56. The molecule has 0 saturated carbocycles. The fourth-order valence-corrected chi connectivity index (χ4v) is 3.55. The molecule has 0 aliphatic carbocycles. The quantitative estimate of drug-likeness (QED) is 0.566. The number of nitrogens with zero attached hydrogens (tertiary/aromatic N) is 1. The summed E-state index contributed by atoms with van der Waals surface area (Å²) in [7, 11) is 0. The molecule has 0 heterocycles. The number of likely N-dealkylation sites (N-methyl/N-ethyl adjacent to an activating group) is 1. The van der Waals surface area contributed by atoms with Crippen molar-refractivity contribution in [1.82, 2.24) is 15.5 Å². The molecule has 2 atom stereocenters. The lowest BCUT2D eigenvalue weighted by molar-refractivity contribution is -0.142. The number of thioether (sulfide) groups is 1. The lowest BCUT2D eigenvalue weighted by Gasteiger charge is -2.34. The van der Waals surface area contributed by atoms with E-state index in [2.05, 4.69) is 10.6 Å². The largest absolute Gasteiger partial charge is 0.444 e. The van der Waals surface area contributed by atoms with E-state index in [-0.39, 0.29) is 17.9 Å². The molecule has 3 amide bonds. The van der Waals surface area contributed by atoms with Crippen LogP contribution in [0.1, 0.15) is 59.6 Å². The monoisotopic (exact) mass is 451 g/mol. The van der Waals surface area contributed by atoms with E-state index in [1.807, 2.05) is 57.4 Å². The smallest absolute Gasteiger partial charge is 0.408 e. The minimum absolute atomic E-state index is 0.0697. The summed E-state index contributed by atoms with van der Waals surface area (Å²) in [6.07, 6.45) is 1.73. The maximum atomic E-state index is 13.6. The number of rotatable bonds is 10. The van der Waals surface area contributed by atoms with Gasteiger partial charge in [0.25, 0.3) is 0 Å². The molecule has 0 radical (unpaired) electrons. The molecule has 0 spiro atoms. The van der Waals surface area contributed by atoms with Gasteiger partial charge in [-0.1, -0.05) is 30.3 Å². The second kappa shape index (κ2) is 12.6. The third kappa shape index (κ3) is 9.21. The molecule has 2 N–H and O–H groups in total. The maximum Gasteiger partial charge on any atom is 0.408 e. The summed E-state index contributed by atoms with van der Waals surface area (Å²) in [6.45, 7) is 11.2. The second-order valence-corrected chi connectivity index (χ2v) is 9.57. The molecular weight excluding hydrogens is 414 g/mol. The summed E-state index contributed by atoms with van der Waals surface area (Å²) in [5.41, 5.74) is 0.0440. The maximum absolute atomic E-state index is 13.6. The predicted octanol–water partition coefficient (Wildman–Crippen LogP) is 3.75. The Bertz CT molecular complexity index is 719. The molecule has 1 aromatic carbocycles. The first-order valence-corrected chi connectivity index (χ1v) is 12.0. The predicted molar refractivity (Wildman–Crippen MR) is 126 cm³/mol. The fraction of sp³-hybridized carbons (Fsp3) is 0.609. The number of hydrogen-bond acceptors (Lipinski definition) is 5. The van der Waals surface area contributed by atoms with Gasteiger partial charge in [0.1, 0.15) is 17.7 Å². The zero-order chi connectivity index (χ0) is 23.6. The first-order valence-electron chi connectivity index (χ1n) is 10.6. The van der Waals surface area contributed by atoms with Crippen LogP contribution in [0.5, 0.6) is 0 Å². The van der Waals surface area contributed by atoms with Crippen LogP contribution < -0.4 is 10.6 Å². The van der Waals surface area contributed by atoms with Crippen LogP contribution in [-0.4, -0.2) is 59.0 Å². The Kier molecular flexibility index (Phi) is 10.9. The van der Waals surface area contributed by atoms with Crippen molar-refractivity contribution in [2.75, 3.05) is 18.6 Å². The van der Waals surface area contributed by atoms with Gasteiger partial charge < -0.3 is 20.3 Å². The highest BCUT2D eigenvalue weighted by atomic mass is 32.2. The summed E-state index contributed by atoms with van der Waals surface area (Å²) in [5.74, 6) is 0.116. The van der Waals surface area contributed by atoms with Crippen molar-refractivity contribution in [1.29, 1.82) is 0 Å². The van der Waals surface area contributed by atoms with E-state index in [1.165, 1.54) is 4.90 Å². The zero-order valence-electron chi connectivity index (χ0n) is 19.7. The van der Waals surface area contributed by atoms with E-state index in [0.717, 1.165) is 5.56 Å². The summed E-state index contributed by atoms with van der Waals surface area (Å²) in [5, 5.41) is 5.63. The van der Waals surface area contributed by atoms with Crippen LogP contribution in [0.4, 0.5) is 4.79 Å². The van der Waals surface area contributed by atoms with Crippen LogP contribution in [0.15, 0.2) is 30.3 Å². The summed E-state index contributed by atoms with van der Waals surface area (Å²) < 4.78 is 5.35. The van der Waals surface area contributed by atoms with Crippen LogP contribution in [-0.2, 0) is 14.3 Å². The van der Waals surface area contributed by atoms with Gasteiger partial charge in [-0.3, -0.25) is 9.59 Å². The average molecular weight is 452 g/mol. The zero-order valence-corrected chi connectivity index (χ0v) is 20.5. The van der Waals surface area contributed by atoms with Crippen LogP contribution in [0.2, 0.25) is 0 Å². The number of ether oxygens (including phenoxy) is 1. The van der Waals surface area contributed by atoms with Crippen LogP contribution in [0.3, 0.4) is 0 Å². The highest BCUT2D eigenvalue weighted by Gasteiger charge is 2.35. The van der Waals surface area contributed by atoms with E-state index < -0.39 is 23.8 Å². The van der Waals surface area contributed by atoms with Crippen molar-refractivity contribution in [3.05, 3.63) is 35.9 Å². The van der Waals surface area contributed by atoms with Gasteiger partial charge in [0, 0.05) is 12.6 Å². The standard InChI is InChI=1S/C23H37N3O4S/c1-8-26(19(20(27)24-16(2)3)17-12-10-9-11-13-17)21(28)18(14-15-31-7)25-22(29)30-23(4,5)6/h9-13,16,18-19H,8,14-15H2,1-7H3,(H,24,27)(H,25,29). The van der Waals surface area contributed by atoms with Crippen molar-refractivity contribution >= 4 is 29.7 Å². The van der Waals surface area contributed by atoms with E-state index in [0.29, 0.717) is 18.7 Å². The number of carbonyl (C=O) groups is 3. The van der Waals surface area contributed by atoms with E-state index in [4.69, 9.17) is 4.74 Å². The molecular formula is C23H37N3O4S. The highest BCUT2D eigenvalue weighted by molar-refractivity contribution is 7.98. The number of benzene rings is 1. The van der Waals surface area contributed by atoms with Gasteiger partial charge in [-0.25, -0.2) is 4.79 Å². The van der Waals surface area contributed by atoms with Crippen molar-refractivity contribution in [2.45, 2.75) is 71.7 Å². The third-order valence-electron chi connectivity index (χ3n) is 4.33. The molecule has 174 valence electrons. The molecule has 1 rings (SSSR count). The SMILES string of the molecule is CCN(C(=O)C(CCSC)NC(=O)OC(C)(C)C)C(C(=O)NC(C)C)c1ccccc1. The second-order valence-electron chi connectivity index (χ2n) is 8.58. The Balaban J connectivity index is 3.23. The number of hydrogen-bond donors (Lipinski definition) is 2. The van der Waals surface area contributed by atoms with E-state index in [1.54, 1.807) is 32.5 Å². The van der Waals surface area contributed by atoms with Crippen LogP contribution in [0, 0.1) is 0 Å². The number of nitrogens with one attached hydrogen (secondary N) is 2. The van der Waals surface area contributed by atoms with Gasteiger partial charge in [0.2, 0.25) is 11.8 Å². The topological polar surface area (TPSA) is 87.7 Å². The molecule has 0 saturated heterocycles. The van der Waals surface area contributed by atoms with Crippen molar-refractivity contribution in [2.24, 2.45) is 0 Å². The molecule has 0 aliphatic heterocycles. The summed E-state index contributed by atoms with van der Waals surface area (Å²) >= 11 is 1.58. The normalized spacial score (nSPS) is 13.3. The molecule has 8 heteroatoms. The lowest BCUT2D eigenvalue weighted by Crippen LogP contribution is -2.53.